The molecule has 0 bridgehead atoms. The summed E-state index contributed by atoms with van der Waals surface area (Å²) in [6.45, 7) is 1.99. The quantitative estimate of drug-likeness (QED) is 0.530. The summed E-state index contributed by atoms with van der Waals surface area (Å²) in [6, 6.07) is 0. The molecule has 122 valence electrons. The number of rotatable bonds is 11. The van der Waals surface area contributed by atoms with E-state index in [9.17, 15) is 8.42 Å². The monoisotopic (exact) mass is 320 g/mol. The van der Waals surface area contributed by atoms with Gasteiger partial charge >= 0.3 is 0 Å². The van der Waals surface area contributed by atoms with Gasteiger partial charge in [0.2, 0.25) is 10.0 Å². The fourth-order valence-electron chi connectivity index (χ4n) is 1.71. The second-order valence-corrected chi connectivity index (χ2v) is 6.33. The summed E-state index contributed by atoms with van der Waals surface area (Å²) in [7, 11) is 1.34. The number of sulfonamides is 1. The summed E-state index contributed by atoms with van der Waals surface area (Å²) >= 11 is 0. The van der Waals surface area contributed by atoms with Crippen LogP contribution in [0, 0.1) is 0 Å². The second kappa shape index (κ2) is 9.11. The van der Waals surface area contributed by atoms with Crippen LogP contribution in [0.4, 0.5) is 0 Å². The van der Waals surface area contributed by atoms with Crippen LogP contribution < -0.4 is 10.0 Å². The largest absolute Gasteiger partial charge is 0.382 e. The molecule has 0 aliphatic carbocycles. The molecule has 8 nitrogen and oxygen atoms in total. The topological polar surface area (TPSA) is 94.5 Å². The predicted octanol–water partition coefficient (Wildman–Crippen LogP) is -0.568. The van der Waals surface area contributed by atoms with Crippen molar-refractivity contribution in [1.29, 1.82) is 0 Å². The molecule has 0 amide bonds. The average molecular weight is 320 g/mol. The van der Waals surface area contributed by atoms with Crippen molar-refractivity contribution in [3.8, 4) is 0 Å². The molecule has 0 fully saturated rings. The molecule has 0 saturated heterocycles. The Labute approximate surface area is 125 Å². The van der Waals surface area contributed by atoms with E-state index in [0.29, 0.717) is 13.2 Å². The lowest BCUT2D eigenvalue weighted by molar-refractivity contribution is 0.0320. The Morgan fingerprint density at radius 3 is 2.81 bits per heavy atom. The minimum absolute atomic E-state index is 0.150. The van der Waals surface area contributed by atoms with E-state index >= 15 is 0 Å². The Balaban J connectivity index is 2.57. The Morgan fingerprint density at radius 2 is 2.19 bits per heavy atom. The van der Waals surface area contributed by atoms with Gasteiger partial charge in [-0.25, -0.2) is 13.1 Å². The van der Waals surface area contributed by atoms with Gasteiger partial charge in [0.1, 0.15) is 4.90 Å². The van der Waals surface area contributed by atoms with Gasteiger partial charge in [0.25, 0.3) is 0 Å². The zero-order chi connectivity index (χ0) is 15.7. The molecule has 1 unspecified atom stereocenters. The Hall–Kier alpha value is -1.00. The molecule has 0 saturated carbocycles. The van der Waals surface area contributed by atoms with Crippen LogP contribution in [0.5, 0.6) is 0 Å². The van der Waals surface area contributed by atoms with Crippen molar-refractivity contribution in [1.82, 2.24) is 19.8 Å². The first kappa shape index (κ1) is 18.1. The molecule has 1 aromatic rings. The van der Waals surface area contributed by atoms with E-state index in [4.69, 9.17) is 9.47 Å². The van der Waals surface area contributed by atoms with Gasteiger partial charge < -0.3 is 14.8 Å². The molecule has 2 N–H and O–H groups in total. The highest BCUT2D eigenvalue weighted by Gasteiger charge is 2.18. The molecule has 1 atom stereocenters. The maximum atomic E-state index is 12.1. The third-order valence-corrected chi connectivity index (χ3v) is 4.30. The molecular weight excluding hydrogens is 296 g/mol. The number of hydrogen-bond acceptors (Lipinski definition) is 6. The van der Waals surface area contributed by atoms with E-state index in [0.717, 1.165) is 13.0 Å². The summed E-state index contributed by atoms with van der Waals surface area (Å²) in [5.41, 5.74) is 0. The highest BCUT2D eigenvalue weighted by Crippen LogP contribution is 2.07. The van der Waals surface area contributed by atoms with Gasteiger partial charge in [-0.2, -0.15) is 5.10 Å². The first-order valence-corrected chi connectivity index (χ1v) is 8.20. The summed E-state index contributed by atoms with van der Waals surface area (Å²) < 4.78 is 38.4. The van der Waals surface area contributed by atoms with Gasteiger partial charge in [-0.3, -0.25) is 4.68 Å². The predicted molar refractivity (Wildman–Crippen MR) is 78.6 cm³/mol. The fourth-order valence-corrected chi connectivity index (χ4v) is 2.72. The molecule has 1 rings (SSSR count). The van der Waals surface area contributed by atoms with Crippen LogP contribution in [0.3, 0.4) is 0 Å². The third kappa shape index (κ3) is 6.10. The van der Waals surface area contributed by atoms with Gasteiger partial charge in [0.05, 0.1) is 18.9 Å². The number of hydrogen-bond donors (Lipinski definition) is 2. The number of nitrogens with one attached hydrogen (secondary N) is 2. The van der Waals surface area contributed by atoms with Crippen molar-refractivity contribution in [2.75, 3.05) is 41.0 Å². The lowest BCUT2D eigenvalue weighted by Gasteiger charge is -2.14. The Bertz CT molecular complexity index is 503. The molecule has 0 radical (unpaired) electrons. The number of aromatic nitrogens is 2. The molecule has 0 spiro atoms. The number of aryl methyl sites for hydroxylation is 1. The van der Waals surface area contributed by atoms with Crippen LogP contribution in [-0.4, -0.2) is 65.3 Å². The van der Waals surface area contributed by atoms with E-state index in [-0.39, 0.29) is 17.5 Å². The number of nitrogens with zero attached hydrogens (tertiary/aromatic N) is 2. The summed E-state index contributed by atoms with van der Waals surface area (Å²) in [5.74, 6) is 0. The standard InChI is InChI=1S/C12H24N4O4S/c1-13-5-4-6-16-9-12(8-14-16)21(17,18)15-7-11(20-3)10-19-2/h8-9,11,13,15H,4-7,10H2,1-3H3. The summed E-state index contributed by atoms with van der Waals surface area (Å²) in [6.07, 6.45) is 3.43. The molecule has 0 aliphatic heterocycles. The van der Waals surface area contributed by atoms with Crippen molar-refractivity contribution in [3.63, 3.8) is 0 Å². The smallest absolute Gasteiger partial charge is 0.243 e. The molecule has 21 heavy (non-hydrogen) atoms. The highest BCUT2D eigenvalue weighted by molar-refractivity contribution is 7.89. The SMILES string of the molecule is CNCCCn1cc(S(=O)(=O)NCC(COC)OC)cn1. The van der Waals surface area contributed by atoms with Crippen LogP contribution in [0.15, 0.2) is 17.3 Å². The van der Waals surface area contributed by atoms with Crippen LogP contribution in [0.1, 0.15) is 6.42 Å². The van der Waals surface area contributed by atoms with Crippen molar-refractivity contribution in [2.24, 2.45) is 0 Å². The molecular formula is C12H24N4O4S. The molecule has 0 aliphatic rings. The van der Waals surface area contributed by atoms with Crippen molar-refractivity contribution < 1.29 is 17.9 Å². The first-order valence-electron chi connectivity index (χ1n) is 6.72. The second-order valence-electron chi connectivity index (χ2n) is 4.56. The Morgan fingerprint density at radius 1 is 1.43 bits per heavy atom. The maximum absolute atomic E-state index is 12.1. The van der Waals surface area contributed by atoms with Gasteiger partial charge in [-0.05, 0) is 20.0 Å². The minimum atomic E-state index is -3.58. The zero-order valence-electron chi connectivity index (χ0n) is 12.7. The van der Waals surface area contributed by atoms with E-state index in [1.165, 1.54) is 26.6 Å². The van der Waals surface area contributed by atoms with Crippen molar-refractivity contribution >= 4 is 10.0 Å². The van der Waals surface area contributed by atoms with Crippen LogP contribution in [0.2, 0.25) is 0 Å². The van der Waals surface area contributed by atoms with E-state index in [1.807, 2.05) is 7.05 Å². The zero-order valence-corrected chi connectivity index (χ0v) is 13.5. The van der Waals surface area contributed by atoms with E-state index < -0.39 is 10.0 Å². The van der Waals surface area contributed by atoms with Gasteiger partial charge in [0.15, 0.2) is 0 Å². The minimum Gasteiger partial charge on any atom is -0.382 e. The fraction of sp³-hybridized carbons (Fsp3) is 0.750. The van der Waals surface area contributed by atoms with Crippen molar-refractivity contribution in [2.45, 2.75) is 24.0 Å². The van der Waals surface area contributed by atoms with Gasteiger partial charge in [0, 0.05) is 33.5 Å². The van der Waals surface area contributed by atoms with E-state index in [1.54, 1.807) is 4.68 Å². The van der Waals surface area contributed by atoms with Crippen LogP contribution >= 0.6 is 0 Å². The summed E-state index contributed by atoms with van der Waals surface area (Å²) in [5, 5.41) is 7.08. The third-order valence-electron chi connectivity index (χ3n) is 2.92. The van der Waals surface area contributed by atoms with E-state index in [2.05, 4.69) is 15.1 Å². The maximum Gasteiger partial charge on any atom is 0.243 e. The number of methoxy groups -OCH3 is 2. The number of ether oxygens (including phenoxy) is 2. The van der Waals surface area contributed by atoms with Crippen LogP contribution in [0.25, 0.3) is 0 Å². The average Bonchev–Trinajstić information content (AvgIpc) is 2.93. The molecule has 1 aromatic heterocycles. The lowest BCUT2D eigenvalue weighted by atomic mass is 10.4. The Kier molecular flexibility index (Phi) is 7.83. The van der Waals surface area contributed by atoms with Crippen molar-refractivity contribution in [3.05, 3.63) is 12.4 Å². The summed E-state index contributed by atoms with van der Waals surface area (Å²) in [4.78, 5) is 0.152. The molecule has 9 heteroatoms. The normalized spacial score (nSPS) is 13.5. The van der Waals surface area contributed by atoms with Crippen LogP contribution in [-0.2, 0) is 26.0 Å². The van der Waals surface area contributed by atoms with Gasteiger partial charge in [-0.1, -0.05) is 0 Å². The molecule has 1 heterocycles. The molecule has 0 aromatic carbocycles. The lowest BCUT2D eigenvalue weighted by Crippen LogP contribution is -2.35. The van der Waals surface area contributed by atoms with Gasteiger partial charge in [-0.15, -0.1) is 0 Å². The highest BCUT2D eigenvalue weighted by atomic mass is 32.2. The first-order chi connectivity index (χ1) is 10.0.